The summed E-state index contributed by atoms with van der Waals surface area (Å²) in [5.74, 6) is 1.06. The Labute approximate surface area is 131 Å². The van der Waals surface area contributed by atoms with Gasteiger partial charge in [-0.05, 0) is 42.0 Å². The second kappa shape index (κ2) is 6.95. The number of aromatic hydroxyl groups is 1. The normalized spacial score (nSPS) is 15.9. The highest BCUT2D eigenvalue weighted by Gasteiger charge is 2.25. The second-order valence-corrected chi connectivity index (χ2v) is 6.23. The molecule has 0 bridgehead atoms. The largest absolute Gasteiger partial charge is 0.508 e. The molecule has 3 heteroatoms. The Morgan fingerprint density at radius 3 is 2.50 bits per heavy atom. The van der Waals surface area contributed by atoms with Gasteiger partial charge in [0.1, 0.15) is 5.75 Å². The van der Waals surface area contributed by atoms with E-state index in [0.717, 1.165) is 30.1 Å². The molecular weight excluding hydrogens is 274 g/mol. The average Bonchev–Trinajstić information content (AvgIpc) is 3.32. The molecule has 0 aromatic heterocycles. The van der Waals surface area contributed by atoms with Crippen LogP contribution < -0.4 is 0 Å². The Morgan fingerprint density at radius 2 is 1.82 bits per heavy atom. The number of phenols is 1. The molecule has 2 N–H and O–H groups in total. The van der Waals surface area contributed by atoms with Crippen molar-refractivity contribution in [1.82, 2.24) is 4.90 Å². The van der Waals surface area contributed by atoms with Crippen LogP contribution in [0.2, 0.25) is 0 Å². The number of benzene rings is 2. The van der Waals surface area contributed by atoms with E-state index in [1.165, 1.54) is 12.8 Å². The molecule has 3 nitrogen and oxygen atoms in total. The molecule has 116 valence electrons. The number of aliphatic hydroxyl groups excluding tert-OH is 1. The van der Waals surface area contributed by atoms with Crippen LogP contribution in [0.4, 0.5) is 0 Å². The van der Waals surface area contributed by atoms with Gasteiger partial charge in [0, 0.05) is 19.6 Å². The summed E-state index contributed by atoms with van der Waals surface area (Å²) < 4.78 is 0. The highest BCUT2D eigenvalue weighted by atomic mass is 16.3. The number of phenolic OH excluding ortho intramolecular Hbond substituents is 1. The third-order valence-electron chi connectivity index (χ3n) is 4.15. The summed E-state index contributed by atoms with van der Waals surface area (Å²) in [6.07, 6.45) is 2.10. The van der Waals surface area contributed by atoms with E-state index in [0.29, 0.717) is 12.3 Å². The molecule has 0 saturated heterocycles. The van der Waals surface area contributed by atoms with Crippen molar-refractivity contribution in [3.8, 4) is 5.75 Å². The highest BCUT2D eigenvalue weighted by Crippen LogP contribution is 2.31. The predicted molar refractivity (Wildman–Crippen MR) is 87.5 cm³/mol. The first kappa shape index (κ1) is 15.1. The van der Waals surface area contributed by atoms with E-state index >= 15 is 0 Å². The summed E-state index contributed by atoms with van der Waals surface area (Å²) in [6, 6.07) is 17.2. The lowest BCUT2D eigenvalue weighted by Crippen LogP contribution is -2.30. The predicted octanol–water partition coefficient (Wildman–Crippen LogP) is 3.34. The lowest BCUT2D eigenvalue weighted by molar-refractivity contribution is 0.106. The minimum Gasteiger partial charge on any atom is -0.508 e. The van der Waals surface area contributed by atoms with Gasteiger partial charge in [0.2, 0.25) is 0 Å². The van der Waals surface area contributed by atoms with Crippen LogP contribution in [0, 0.1) is 5.92 Å². The Balaban J connectivity index is 1.66. The third kappa shape index (κ3) is 4.33. The molecule has 1 unspecified atom stereocenters. The Bertz CT molecular complexity index is 595. The number of nitrogens with zero attached hydrogens (tertiary/aromatic N) is 1. The van der Waals surface area contributed by atoms with E-state index < -0.39 is 6.10 Å². The molecule has 1 aliphatic rings. The van der Waals surface area contributed by atoms with Crippen molar-refractivity contribution in [2.24, 2.45) is 5.92 Å². The minimum atomic E-state index is -0.475. The lowest BCUT2D eigenvalue weighted by Gasteiger charge is -2.25. The van der Waals surface area contributed by atoms with Gasteiger partial charge in [-0.3, -0.25) is 4.90 Å². The maximum absolute atomic E-state index is 10.5. The van der Waals surface area contributed by atoms with E-state index in [1.54, 1.807) is 12.1 Å². The smallest absolute Gasteiger partial charge is 0.115 e. The van der Waals surface area contributed by atoms with Crippen LogP contribution in [0.5, 0.6) is 5.75 Å². The van der Waals surface area contributed by atoms with Crippen molar-refractivity contribution in [1.29, 1.82) is 0 Å². The Kier molecular flexibility index (Phi) is 4.76. The molecular formula is C19H23NO2. The molecule has 0 heterocycles. The van der Waals surface area contributed by atoms with Gasteiger partial charge in [0.05, 0.1) is 6.10 Å². The summed E-state index contributed by atoms with van der Waals surface area (Å²) in [6.45, 7) is 2.39. The minimum absolute atomic E-state index is 0.299. The van der Waals surface area contributed by atoms with Crippen LogP contribution in [0.1, 0.15) is 30.1 Å². The van der Waals surface area contributed by atoms with Gasteiger partial charge >= 0.3 is 0 Å². The summed E-state index contributed by atoms with van der Waals surface area (Å²) in [5.41, 5.74) is 2.04. The molecule has 2 aromatic carbocycles. The monoisotopic (exact) mass is 297 g/mol. The zero-order valence-electron chi connectivity index (χ0n) is 12.7. The summed E-state index contributed by atoms with van der Waals surface area (Å²) in [7, 11) is 0. The maximum atomic E-state index is 10.5. The van der Waals surface area contributed by atoms with Gasteiger partial charge in [-0.15, -0.1) is 0 Å². The molecule has 1 saturated carbocycles. The van der Waals surface area contributed by atoms with Crippen molar-refractivity contribution in [2.45, 2.75) is 25.5 Å². The van der Waals surface area contributed by atoms with Crippen molar-refractivity contribution in [2.75, 3.05) is 13.1 Å². The van der Waals surface area contributed by atoms with Gasteiger partial charge in [0.15, 0.2) is 0 Å². The zero-order chi connectivity index (χ0) is 15.4. The van der Waals surface area contributed by atoms with Crippen molar-refractivity contribution in [3.63, 3.8) is 0 Å². The number of aliphatic hydroxyl groups is 1. The fourth-order valence-corrected chi connectivity index (χ4v) is 2.81. The molecule has 1 aliphatic carbocycles. The average molecular weight is 297 g/mol. The molecule has 0 radical (unpaired) electrons. The van der Waals surface area contributed by atoms with Crippen molar-refractivity contribution in [3.05, 3.63) is 65.7 Å². The number of hydrogen-bond acceptors (Lipinski definition) is 3. The van der Waals surface area contributed by atoms with Crippen molar-refractivity contribution >= 4 is 0 Å². The van der Waals surface area contributed by atoms with Crippen LogP contribution in [0.15, 0.2) is 54.6 Å². The molecule has 3 rings (SSSR count). The van der Waals surface area contributed by atoms with Gasteiger partial charge in [-0.25, -0.2) is 0 Å². The van der Waals surface area contributed by atoms with Crippen LogP contribution in [-0.2, 0) is 6.54 Å². The topological polar surface area (TPSA) is 43.7 Å². The molecule has 22 heavy (non-hydrogen) atoms. The van der Waals surface area contributed by atoms with Crippen LogP contribution in [0.3, 0.4) is 0 Å². The fraction of sp³-hybridized carbons (Fsp3) is 0.368. The first-order valence-electron chi connectivity index (χ1n) is 7.94. The molecule has 2 aromatic rings. The van der Waals surface area contributed by atoms with Crippen molar-refractivity contribution < 1.29 is 10.2 Å². The van der Waals surface area contributed by atoms with Gasteiger partial charge < -0.3 is 10.2 Å². The van der Waals surface area contributed by atoms with Gasteiger partial charge in [-0.2, -0.15) is 0 Å². The number of rotatable bonds is 7. The van der Waals surface area contributed by atoms with Gasteiger partial charge in [-0.1, -0.05) is 42.5 Å². The zero-order valence-corrected chi connectivity index (χ0v) is 12.7. The Morgan fingerprint density at radius 1 is 1.05 bits per heavy atom. The third-order valence-corrected chi connectivity index (χ3v) is 4.15. The van der Waals surface area contributed by atoms with E-state index in [1.807, 2.05) is 42.5 Å². The molecule has 1 atom stereocenters. The van der Waals surface area contributed by atoms with E-state index in [-0.39, 0.29) is 0 Å². The SMILES string of the molecule is Oc1cccc(CN(CC2CC2)CC(O)c2ccccc2)c1. The summed E-state index contributed by atoms with van der Waals surface area (Å²) in [5, 5.41) is 20.1. The number of hydrogen-bond donors (Lipinski definition) is 2. The highest BCUT2D eigenvalue weighted by molar-refractivity contribution is 5.27. The summed E-state index contributed by atoms with van der Waals surface area (Å²) in [4.78, 5) is 2.30. The van der Waals surface area contributed by atoms with E-state index in [2.05, 4.69) is 4.90 Å². The summed E-state index contributed by atoms with van der Waals surface area (Å²) >= 11 is 0. The maximum Gasteiger partial charge on any atom is 0.115 e. The van der Waals surface area contributed by atoms with Crippen LogP contribution >= 0.6 is 0 Å². The molecule has 1 fully saturated rings. The molecule has 0 spiro atoms. The quantitative estimate of drug-likeness (QED) is 0.824. The van der Waals surface area contributed by atoms with Crippen LogP contribution in [0.25, 0.3) is 0 Å². The first-order valence-corrected chi connectivity index (χ1v) is 7.94. The van der Waals surface area contributed by atoms with E-state index in [4.69, 9.17) is 0 Å². The van der Waals surface area contributed by atoms with E-state index in [9.17, 15) is 10.2 Å². The lowest BCUT2D eigenvalue weighted by atomic mass is 10.1. The fourth-order valence-electron chi connectivity index (χ4n) is 2.81. The Hall–Kier alpha value is -1.84. The molecule has 0 amide bonds. The molecule has 0 aliphatic heterocycles. The first-order chi connectivity index (χ1) is 10.7. The van der Waals surface area contributed by atoms with Crippen LogP contribution in [-0.4, -0.2) is 28.2 Å². The second-order valence-electron chi connectivity index (χ2n) is 6.23. The van der Waals surface area contributed by atoms with Gasteiger partial charge in [0.25, 0.3) is 0 Å². The standard InChI is InChI=1S/C19H23NO2/c21-18-8-4-5-16(11-18)13-20(12-15-9-10-15)14-19(22)17-6-2-1-3-7-17/h1-8,11,15,19,21-22H,9-10,12-14H2.